The Morgan fingerprint density at radius 2 is 1.36 bits per heavy atom. The molecular formula is C26H37NaO5S. The molecule has 0 saturated heterocycles. The van der Waals surface area contributed by atoms with E-state index in [2.05, 4.69) is 6.92 Å². The van der Waals surface area contributed by atoms with Crippen LogP contribution in [0.3, 0.4) is 0 Å². The van der Waals surface area contributed by atoms with Crippen molar-refractivity contribution >= 4 is 10.1 Å². The first-order valence-corrected chi connectivity index (χ1v) is 13.4. The van der Waals surface area contributed by atoms with Crippen LogP contribution in [-0.2, 0) is 16.5 Å². The maximum Gasteiger partial charge on any atom is 1.00 e. The zero-order valence-corrected chi connectivity index (χ0v) is 23.0. The van der Waals surface area contributed by atoms with Gasteiger partial charge >= 0.3 is 29.6 Å². The standard InChI is InChI=1S/C26H38O5S.Na/c1-2-3-4-5-6-7-8-9-10-11-12-13-16-22-17-14-20-25(32(28,29)30)26(22)31-24-19-15-18-23(27)21-24;/h14-15,17-21,27H,2-13,16H2,1H3,(H,28,29,30);/q;+1/p-1. The third-order valence-electron chi connectivity index (χ3n) is 5.66. The van der Waals surface area contributed by atoms with Gasteiger partial charge in [0.15, 0.2) is 5.75 Å². The predicted octanol–water partition coefficient (Wildman–Crippen LogP) is 4.05. The first-order chi connectivity index (χ1) is 15.4. The molecule has 0 aliphatic heterocycles. The Kier molecular flexibility index (Phi) is 15.0. The molecule has 0 amide bonds. The van der Waals surface area contributed by atoms with Crippen molar-refractivity contribution < 1.29 is 52.4 Å². The van der Waals surface area contributed by atoms with Crippen molar-refractivity contribution in [1.82, 2.24) is 0 Å². The normalized spacial score (nSPS) is 11.2. The Morgan fingerprint density at radius 3 is 1.91 bits per heavy atom. The van der Waals surface area contributed by atoms with E-state index < -0.39 is 10.1 Å². The van der Waals surface area contributed by atoms with E-state index in [1.807, 2.05) is 6.07 Å². The maximum atomic E-state index is 11.9. The molecule has 0 heterocycles. The van der Waals surface area contributed by atoms with E-state index in [0.29, 0.717) is 12.0 Å². The van der Waals surface area contributed by atoms with Gasteiger partial charge in [-0.2, -0.15) is 8.42 Å². The molecule has 0 atom stereocenters. The molecule has 0 unspecified atom stereocenters. The van der Waals surface area contributed by atoms with Gasteiger partial charge in [-0.3, -0.25) is 4.55 Å². The SMILES string of the molecule is CCCCCCCCCCCCCCc1cccc(S(=O)(=O)O)c1Oc1cccc([O-])c1.[Na+]. The summed E-state index contributed by atoms with van der Waals surface area (Å²) in [5.74, 6) is 0.127. The Bertz CT molecular complexity index is 915. The molecule has 33 heavy (non-hydrogen) atoms. The second-order valence-corrected chi connectivity index (χ2v) is 9.83. The van der Waals surface area contributed by atoms with Gasteiger partial charge in [-0.25, -0.2) is 0 Å². The van der Waals surface area contributed by atoms with E-state index in [4.69, 9.17) is 4.74 Å². The summed E-state index contributed by atoms with van der Waals surface area (Å²) in [6, 6.07) is 10.6. The number of ether oxygens (including phenoxy) is 1. The van der Waals surface area contributed by atoms with Crippen LogP contribution in [0.4, 0.5) is 0 Å². The van der Waals surface area contributed by atoms with E-state index in [9.17, 15) is 18.1 Å². The molecule has 2 aromatic rings. The number of hydrogen-bond donors (Lipinski definition) is 1. The average Bonchev–Trinajstić information content (AvgIpc) is 2.74. The fourth-order valence-electron chi connectivity index (χ4n) is 3.89. The molecule has 7 heteroatoms. The summed E-state index contributed by atoms with van der Waals surface area (Å²) in [5, 5.41) is 11.6. The van der Waals surface area contributed by atoms with Crippen LogP contribution >= 0.6 is 0 Å². The molecule has 178 valence electrons. The summed E-state index contributed by atoms with van der Waals surface area (Å²) in [7, 11) is -4.45. The molecule has 5 nitrogen and oxygen atoms in total. The summed E-state index contributed by atoms with van der Waals surface area (Å²) in [5.41, 5.74) is 0.712. The van der Waals surface area contributed by atoms with E-state index in [0.717, 1.165) is 19.3 Å². The quantitative estimate of drug-likeness (QED) is 0.221. The molecule has 2 aromatic carbocycles. The Morgan fingerprint density at radius 1 is 0.818 bits per heavy atom. The summed E-state index contributed by atoms with van der Waals surface area (Å²) in [6.45, 7) is 2.24. The van der Waals surface area contributed by atoms with E-state index >= 15 is 0 Å². The van der Waals surface area contributed by atoms with Crippen molar-refractivity contribution in [2.75, 3.05) is 0 Å². The summed E-state index contributed by atoms with van der Waals surface area (Å²) >= 11 is 0. The molecule has 0 bridgehead atoms. The molecule has 0 saturated carbocycles. The zero-order valence-electron chi connectivity index (χ0n) is 20.2. The fourth-order valence-corrected chi connectivity index (χ4v) is 4.55. The molecule has 0 fully saturated rings. The van der Waals surface area contributed by atoms with Gasteiger partial charge in [0.25, 0.3) is 10.1 Å². The molecule has 0 aliphatic rings. The zero-order chi connectivity index (χ0) is 23.2. The van der Waals surface area contributed by atoms with Gasteiger partial charge in [-0.15, -0.1) is 5.75 Å². The van der Waals surface area contributed by atoms with Crippen LogP contribution in [0.1, 0.15) is 89.5 Å². The fraction of sp³-hybridized carbons (Fsp3) is 0.538. The summed E-state index contributed by atoms with van der Waals surface area (Å²) in [4.78, 5) is -0.273. The van der Waals surface area contributed by atoms with Crippen molar-refractivity contribution in [3.8, 4) is 17.2 Å². The topological polar surface area (TPSA) is 86.7 Å². The van der Waals surface area contributed by atoms with Crippen LogP contribution in [0.25, 0.3) is 0 Å². The number of rotatable bonds is 16. The van der Waals surface area contributed by atoms with E-state index in [1.165, 1.54) is 76.0 Å². The average molecular weight is 485 g/mol. The van der Waals surface area contributed by atoms with E-state index in [-0.39, 0.29) is 51.7 Å². The Balaban J connectivity index is 0.00000544. The van der Waals surface area contributed by atoms with E-state index in [1.54, 1.807) is 18.2 Å². The minimum atomic E-state index is -4.45. The largest absolute Gasteiger partial charge is 1.00 e. The summed E-state index contributed by atoms with van der Waals surface area (Å²) < 4.78 is 39.1. The first-order valence-electron chi connectivity index (χ1n) is 12.0. The van der Waals surface area contributed by atoms with Crippen LogP contribution in [0.2, 0.25) is 0 Å². The number of hydrogen-bond acceptors (Lipinski definition) is 4. The van der Waals surface area contributed by atoms with Gasteiger partial charge in [-0.05, 0) is 36.6 Å². The smallest absolute Gasteiger partial charge is 0.872 e. The van der Waals surface area contributed by atoms with Crippen LogP contribution in [0.5, 0.6) is 17.2 Å². The summed E-state index contributed by atoms with van der Waals surface area (Å²) in [6.07, 6.45) is 15.6. The van der Waals surface area contributed by atoms with Gasteiger partial charge < -0.3 is 9.84 Å². The first kappa shape index (κ1) is 30.0. The van der Waals surface area contributed by atoms with Gasteiger partial charge in [0.2, 0.25) is 0 Å². The van der Waals surface area contributed by atoms with Gasteiger partial charge in [0.05, 0.1) is 0 Å². The van der Waals surface area contributed by atoms with Crippen LogP contribution in [-0.4, -0.2) is 13.0 Å². The molecule has 0 spiro atoms. The molecule has 0 aromatic heterocycles. The molecule has 0 radical (unpaired) electrons. The van der Waals surface area contributed by atoms with Crippen molar-refractivity contribution in [2.45, 2.75) is 95.3 Å². The third-order valence-corrected chi connectivity index (χ3v) is 6.54. The minimum absolute atomic E-state index is 0. The van der Waals surface area contributed by atoms with Crippen molar-refractivity contribution in [1.29, 1.82) is 0 Å². The van der Waals surface area contributed by atoms with Crippen LogP contribution in [0.15, 0.2) is 47.4 Å². The maximum absolute atomic E-state index is 11.9. The van der Waals surface area contributed by atoms with Gasteiger partial charge in [0, 0.05) is 0 Å². The van der Waals surface area contributed by atoms with Gasteiger partial charge in [0.1, 0.15) is 10.6 Å². The molecule has 1 N–H and O–H groups in total. The monoisotopic (exact) mass is 484 g/mol. The van der Waals surface area contributed by atoms with Crippen LogP contribution < -0.4 is 39.4 Å². The van der Waals surface area contributed by atoms with Crippen molar-refractivity contribution in [3.63, 3.8) is 0 Å². The minimum Gasteiger partial charge on any atom is -0.872 e. The predicted molar refractivity (Wildman–Crippen MR) is 127 cm³/mol. The Labute approximate surface area is 222 Å². The molecule has 0 aliphatic carbocycles. The van der Waals surface area contributed by atoms with Gasteiger partial charge in [-0.1, -0.05) is 102 Å². The van der Waals surface area contributed by atoms with Crippen LogP contribution in [0, 0.1) is 0 Å². The second-order valence-electron chi connectivity index (χ2n) is 8.44. The van der Waals surface area contributed by atoms with Crippen molar-refractivity contribution in [2.24, 2.45) is 0 Å². The number of unbranched alkanes of at least 4 members (excludes halogenated alkanes) is 11. The van der Waals surface area contributed by atoms with Crippen molar-refractivity contribution in [3.05, 3.63) is 48.0 Å². The number of benzene rings is 2. The number of para-hydroxylation sites is 1. The second kappa shape index (κ2) is 16.6. The third kappa shape index (κ3) is 11.8. The molecular weight excluding hydrogens is 447 g/mol. The molecule has 2 rings (SSSR count). The number of aryl methyl sites for hydroxylation is 1. The Hall–Kier alpha value is -1.05.